The van der Waals surface area contributed by atoms with Crippen LogP contribution in [0.25, 0.3) is 0 Å². The van der Waals surface area contributed by atoms with Gasteiger partial charge in [0, 0.05) is 13.0 Å². The number of nitroso groups, excluding NO2 is 1. The molecule has 0 aliphatic carbocycles. The van der Waals surface area contributed by atoms with Gasteiger partial charge in [-0.15, -0.1) is 0 Å². The molecule has 0 amide bonds. The van der Waals surface area contributed by atoms with Crippen LogP contribution >= 0.6 is 0 Å². The van der Waals surface area contributed by atoms with Gasteiger partial charge in [-0.3, -0.25) is 0 Å². The highest BCUT2D eigenvalue weighted by Gasteiger charge is 2.39. The van der Waals surface area contributed by atoms with Crippen LogP contribution in [0.1, 0.15) is 71.6 Å². The second kappa shape index (κ2) is 14.2. The summed E-state index contributed by atoms with van der Waals surface area (Å²) in [6.45, 7) is 4.58. The Balaban J connectivity index is 2.25. The van der Waals surface area contributed by atoms with Crippen molar-refractivity contribution in [2.75, 3.05) is 13.2 Å². The molecule has 0 radical (unpaired) electrons. The maximum absolute atomic E-state index is 10.5. The average molecular weight is 357 g/mol. The Bertz CT molecular complexity index is 364. The number of hydrogen-bond acceptors (Lipinski definition) is 6. The van der Waals surface area contributed by atoms with Crippen molar-refractivity contribution < 1.29 is 19.3 Å². The molecule has 4 atom stereocenters. The van der Waals surface area contributed by atoms with Gasteiger partial charge in [0.2, 0.25) is 6.29 Å². The second-order valence-corrected chi connectivity index (χ2v) is 6.63. The Morgan fingerprint density at radius 3 is 2.48 bits per heavy atom. The molecule has 6 nitrogen and oxygen atoms in total. The summed E-state index contributed by atoms with van der Waals surface area (Å²) in [5, 5.41) is 13.1. The number of aliphatic hydroxyl groups is 1. The molecule has 1 N–H and O–H groups in total. The van der Waals surface area contributed by atoms with Gasteiger partial charge in [-0.25, -0.2) is 0 Å². The Morgan fingerprint density at radius 2 is 1.84 bits per heavy atom. The van der Waals surface area contributed by atoms with Crippen LogP contribution in [0.15, 0.2) is 17.5 Å². The molecule has 1 aliphatic rings. The van der Waals surface area contributed by atoms with Crippen LogP contribution in [-0.2, 0) is 14.2 Å². The predicted molar refractivity (Wildman–Crippen MR) is 98.2 cm³/mol. The fraction of sp³-hybridized carbons (Fsp3) is 0.895. The zero-order chi connectivity index (χ0) is 18.3. The SMILES string of the molecule is C/C=C\O[C@@H]1CC(OCCCCCCCCCC)[C@H](O)C(CN=O)O1. The van der Waals surface area contributed by atoms with E-state index in [0.29, 0.717) is 13.0 Å². The minimum Gasteiger partial charge on any atom is -0.473 e. The second-order valence-electron chi connectivity index (χ2n) is 6.63. The predicted octanol–water partition coefficient (Wildman–Crippen LogP) is 4.30. The highest BCUT2D eigenvalue weighted by Crippen LogP contribution is 2.24. The van der Waals surface area contributed by atoms with E-state index < -0.39 is 18.5 Å². The van der Waals surface area contributed by atoms with Crippen molar-refractivity contribution >= 4 is 0 Å². The van der Waals surface area contributed by atoms with Crippen molar-refractivity contribution in [3.63, 3.8) is 0 Å². The van der Waals surface area contributed by atoms with Crippen LogP contribution in [0.5, 0.6) is 0 Å². The fourth-order valence-corrected chi connectivity index (χ4v) is 3.02. The van der Waals surface area contributed by atoms with Gasteiger partial charge in [0.1, 0.15) is 18.8 Å². The summed E-state index contributed by atoms with van der Waals surface area (Å²) in [5.74, 6) is 0. The molecule has 0 aromatic rings. The van der Waals surface area contributed by atoms with E-state index in [0.717, 1.165) is 12.8 Å². The lowest BCUT2D eigenvalue weighted by Crippen LogP contribution is -2.51. The van der Waals surface area contributed by atoms with Crippen molar-refractivity contribution in [1.82, 2.24) is 0 Å². The number of ether oxygens (including phenoxy) is 3. The van der Waals surface area contributed by atoms with Crippen LogP contribution < -0.4 is 0 Å². The quantitative estimate of drug-likeness (QED) is 0.285. The highest BCUT2D eigenvalue weighted by molar-refractivity contribution is 4.86. The largest absolute Gasteiger partial charge is 0.473 e. The van der Waals surface area contributed by atoms with Gasteiger partial charge >= 0.3 is 0 Å². The normalized spacial score (nSPS) is 26.8. The van der Waals surface area contributed by atoms with E-state index in [9.17, 15) is 10.0 Å². The number of rotatable bonds is 14. The summed E-state index contributed by atoms with van der Waals surface area (Å²) in [5.41, 5.74) is 0. The summed E-state index contributed by atoms with van der Waals surface area (Å²) in [7, 11) is 0. The molecule has 0 spiro atoms. The third kappa shape index (κ3) is 9.33. The lowest BCUT2D eigenvalue weighted by Gasteiger charge is -2.37. The Morgan fingerprint density at radius 1 is 1.16 bits per heavy atom. The lowest BCUT2D eigenvalue weighted by atomic mass is 10.0. The third-order valence-electron chi connectivity index (χ3n) is 4.46. The molecule has 1 fully saturated rings. The average Bonchev–Trinajstić information content (AvgIpc) is 2.62. The van der Waals surface area contributed by atoms with Crippen LogP contribution in [0.4, 0.5) is 0 Å². The smallest absolute Gasteiger partial charge is 0.201 e. The van der Waals surface area contributed by atoms with Crippen LogP contribution in [0.2, 0.25) is 0 Å². The van der Waals surface area contributed by atoms with Gasteiger partial charge in [0.25, 0.3) is 0 Å². The maximum atomic E-state index is 10.5. The number of nitrogens with zero attached hydrogens (tertiary/aromatic N) is 1. The molecule has 0 bridgehead atoms. The van der Waals surface area contributed by atoms with Crippen molar-refractivity contribution in [2.24, 2.45) is 5.18 Å². The van der Waals surface area contributed by atoms with E-state index in [-0.39, 0.29) is 12.6 Å². The van der Waals surface area contributed by atoms with Gasteiger partial charge in [0.05, 0.1) is 12.4 Å². The molecule has 2 unspecified atom stereocenters. The molecule has 1 heterocycles. The van der Waals surface area contributed by atoms with Gasteiger partial charge in [-0.05, 0) is 13.3 Å². The molecule has 0 aromatic heterocycles. The van der Waals surface area contributed by atoms with Crippen molar-refractivity contribution in [1.29, 1.82) is 0 Å². The number of unbranched alkanes of at least 4 members (excludes halogenated alkanes) is 7. The summed E-state index contributed by atoms with van der Waals surface area (Å²) >= 11 is 0. The first-order valence-corrected chi connectivity index (χ1v) is 9.73. The van der Waals surface area contributed by atoms with Gasteiger partial charge in [-0.2, -0.15) is 4.91 Å². The van der Waals surface area contributed by atoms with E-state index in [1.54, 1.807) is 12.3 Å². The molecule has 0 saturated carbocycles. The summed E-state index contributed by atoms with van der Waals surface area (Å²) in [6, 6.07) is 0. The van der Waals surface area contributed by atoms with E-state index in [1.165, 1.54) is 38.5 Å². The first-order valence-electron chi connectivity index (χ1n) is 9.73. The van der Waals surface area contributed by atoms with Gasteiger partial charge in [0.15, 0.2) is 0 Å². The fourth-order valence-electron chi connectivity index (χ4n) is 3.02. The van der Waals surface area contributed by atoms with E-state index >= 15 is 0 Å². The van der Waals surface area contributed by atoms with Crippen molar-refractivity contribution in [2.45, 2.75) is 96.2 Å². The molecule has 1 rings (SSSR count). The topological polar surface area (TPSA) is 77.4 Å². The number of aliphatic hydroxyl groups excluding tert-OH is 1. The molecular weight excluding hydrogens is 322 g/mol. The van der Waals surface area contributed by atoms with E-state index in [4.69, 9.17) is 14.2 Å². The summed E-state index contributed by atoms with van der Waals surface area (Å²) in [6.07, 6.45) is 11.2. The highest BCUT2D eigenvalue weighted by atomic mass is 16.7. The van der Waals surface area contributed by atoms with E-state index in [1.807, 2.05) is 6.92 Å². The third-order valence-corrected chi connectivity index (χ3v) is 4.46. The summed E-state index contributed by atoms with van der Waals surface area (Å²) in [4.78, 5) is 10.5. The van der Waals surface area contributed by atoms with Gasteiger partial charge in [-0.1, -0.05) is 63.1 Å². The molecule has 25 heavy (non-hydrogen) atoms. The lowest BCUT2D eigenvalue weighted by molar-refractivity contribution is -0.240. The first kappa shape index (κ1) is 22.1. The van der Waals surface area contributed by atoms with E-state index in [2.05, 4.69) is 12.1 Å². The summed E-state index contributed by atoms with van der Waals surface area (Å²) < 4.78 is 16.9. The molecule has 0 aromatic carbocycles. The molecule has 6 heteroatoms. The van der Waals surface area contributed by atoms with Crippen molar-refractivity contribution in [3.8, 4) is 0 Å². The minimum atomic E-state index is -0.850. The van der Waals surface area contributed by atoms with Gasteiger partial charge < -0.3 is 19.3 Å². The maximum Gasteiger partial charge on any atom is 0.201 e. The monoisotopic (exact) mass is 357 g/mol. The minimum absolute atomic E-state index is 0.103. The molecule has 146 valence electrons. The first-order chi connectivity index (χ1) is 12.2. The number of allylic oxidation sites excluding steroid dienone is 1. The van der Waals surface area contributed by atoms with Crippen molar-refractivity contribution in [3.05, 3.63) is 17.2 Å². The van der Waals surface area contributed by atoms with Crippen LogP contribution in [-0.4, -0.2) is 42.9 Å². The standard InChI is InChI=1S/C19H35NO5/c1-3-5-6-7-8-9-10-11-13-23-16-14-18(24-12-4-2)25-17(15-20-22)19(16)21/h4,12,16-19,21H,3,5-11,13-15H2,1-2H3/b12-4-/t16?,17?,18-,19-/m0/s1. The Kier molecular flexibility index (Phi) is 12.5. The Labute approximate surface area is 151 Å². The molecular formula is C19H35NO5. The molecule has 1 aliphatic heterocycles. The van der Waals surface area contributed by atoms with Crippen LogP contribution in [0.3, 0.4) is 0 Å². The number of hydrogen-bond donors (Lipinski definition) is 1. The Hall–Kier alpha value is -0.980. The molecule has 1 saturated heterocycles. The zero-order valence-corrected chi connectivity index (χ0v) is 15.8. The zero-order valence-electron chi connectivity index (χ0n) is 15.8. The van der Waals surface area contributed by atoms with Crippen LogP contribution in [0, 0.1) is 4.91 Å².